The summed E-state index contributed by atoms with van der Waals surface area (Å²) in [6.45, 7) is 1.11. The van der Waals surface area contributed by atoms with Crippen molar-refractivity contribution in [2.75, 3.05) is 29.9 Å². The molecule has 0 saturated carbocycles. The summed E-state index contributed by atoms with van der Waals surface area (Å²) in [4.78, 5) is 4.14. The van der Waals surface area contributed by atoms with Crippen molar-refractivity contribution in [2.45, 2.75) is 12.2 Å². The standard InChI is InChI=1S/C17H18F3N3/c1-22-14(10-21)11-23(16-5-3-2-4-15(16)22)13-8-6-12(7-9-13)17(18,19)20/h2-9,14H,10-11,21H2,1H3. The minimum absolute atomic E-state index is 0.104. The Morgan fingerprint density at radius 1 is 1.04 bits per heavy atom. The molecule has 0 radical (unpaired) electrons. The number of nitrogens with zero attached hydrogens (tertiary/aromatic N) is 2. The Labute approximate surface area is 133 Å². The van der Waals surface area contributed by atoms with Gasteiger partial charge in [0.2, 0.25) is 0 Å². The van der Waals surface area contributed by atoms with E-state index in [4.69, 9.17) is 5.73 Å². The van der Waals surface area contributed by atoms with E-state index >= 15 is 0 Å². The Morgan fingerprint density at radius 3 is 2.22 bits per heavy atom. The molecule has 0 bridgehead atoms. The second-order valence-electron chi connectivity index (χ2n) is 5.64. The maximum absolute atomic E-state index is 12.7. The maximum atomic E-state index is 12.7. The third-order valence-corrected chi connectivity index (χ3v) is 4.27. The zero-order valence-electron chi connectivity index (χ0n) is 12.7. The number of halogens is 3. The summed E-state index contributed by atoms with van der Waals surface area (Å²) in [6, 6.07) is 13.2. The van der Waals surface area contributed by atoms with Crippen LogP contribution in [0, 0.1) is 0 Å². The summed E-state index contributed by atoms with van der Waals surface area (Å²) in [5.41, 5.74) is 7.94. The molecule has 2 N–H and O–H groups in total. The lowest BCUT2D eigenvalue weighted by Crippen LogP contribution is -2.49. The Balaban J connectivity index is 2.00. The van der Waals surface area contributed by atoms with Crippen LogP contribution in [0.1, 0.15) is 5.56 Å². The van der Waals surface area contributed by atoms with Crippen molar-refractivity contribution < 1.29 is 13.2 Å². The molecule has 1 unspecified atom stereocenters. The highest BCUT2D eigenvalue weighted by Gasteiger charge is 2.31. The van der Waals surface area contributed by atoms with Crippen molar-refractivity contribution in [1.29, 1.82) is 0 Å². The minimum atomic E-state index is -4.32. The summed E-state index contributed by atoms with van der Waals surface area (Å²) in [5, 5.41) is 0. The lowest BCUT2D eigenvalue weighted by atomic mass is 10.1. The van der Waals surface area contributed by atoms with Gasteiger partial charge in [0.1, 0.15) is 0 Å². The van der Waals surface area contributed by atoms with Crippen molar-refractivity contribution in [2.24, 2.45) is 5.73 Å². The molecule has 3 rings (SSSR count). The molecule has 1 atom stereocenters. The molecule has 1 heterocycles. The van der Waals surface area contributed by atoms with Gasteiger partial charge in [-0.1, -0.05) is 12.1 Å². The van der Waals surface area contributed by atoms with Crippen molar-refractivity contribution in [3.8, 4) is 0 Å². The first-order valence-electron chi connectivity index (χ1n) is 7.38. The van der Waals surface area contributed by atoms with Gasteiger partial charge < -0.3 is 15.5 Å². The number of fused-ring (bicyclic) bond motifs is 1. The van der Waals surface area contributed by atoms with E-state index in [0.717, 1.165) is 29.2 Å². The highest BCUT2D eigenvalue weighted by atomic mass is 19.4. The molecule has 0 spiro atoms. The number of likely N-dealkylation sites (N-methyl/N-ethyl adjacent to an activating group) is 1. The first-order chi connectivity index (χ1) is 10.9. The van der Waals surface area contributed by atoms with Gasteiger partial charge in [-0.05, 0) is 36.4 Å². The van der Waals surface area contributed by atoms with Crippen LogP contribution in [0.25, 0.3) is 0 Å². The van der Waals surface area contributed by atoms with Gasteiger partial charge in [0.25, 0.3) is 0 Å². The lowest BCUT2D eigenvalue weighted by molar-refractivity contribution is -0.137. The molecule has 0 saturated heterocycles. The molecule has 0 fully saturated rings. The van der Waals surface area contributed by atoms with Gasteiger partial charge in [0.05, 0.1) is 23.0 Å². The highest BCUT2D eigenvalue weighted by molar-refractivity contribution is 5.79. The fourth-order valence-electron chi connectivity index (χ4n) is 2.93. The quantitative estimate of drug-likeness (QED) is 0.917. The number of nitrogens with two attached hydrogens (primary N) is 1. The van der Waals surface area contributed by atoms with Crippen LogP contribution in [0.2, 0.25) is 0 Å². The molecule has 0 aliphatic carbocycles. The van der Waals surface area contributed by atoms with Crippen LogP contribution in [-0.2, 0) is 6.18 Å². The lowest BCUT2D eigenvalue weighted by Gasteiger charge is -2.42. The molecule has 0 aromatic heterocycles. The monoisotopic (exact) mass is 321 g/mol. The van der Waals surface area contributed by atoms with Crippen molar-refractivity contribution in [3.63, 3.8) is 0 Å². The highest BCUT2D eigenvalue weighted by Crippen LogP contribution is 2.39. The number of benzene rings is 2. The third-order valence-electron chi connectivity index (χ3n) is 4.27. The third kappa shape index (κ3) is 2.86. The number of hydrogen-bond donors (Lipinski definition) is 1. The molecule has 2 aromatic rings. The molecule has 1 aliphatic rings. The molecule has 23 heavy (non-hydrogen) atoms. The van der Waals surface area contributed by atoms with Gasteiger partial charge in [-0.25, -0.2) is 0 Å². The zero-order chi connectivity index (χ0) is 16.6. The van der Waals surface area contributed by atoms with Crippen molar-refractivity contribution >= 4 is 17.1 Å². The average molecular weight is 321 g/mol. The predicted octanol–water partition coefficient (Wildman–Crippen LogP) is 3.62. The van der Waals surface area contributed by atoms with Crippen molar-refractivity contribution in [1.82, 2.24) is 0 Å². The van der Waals surface area contributed by atoms with E-state index in [0.29, 0.717) is 13.1 Å². The topological polar surface area (TPSA) is 32.5 Å². The molecule has 2 aromatic carbocycles. The van der Waals surface area contributed by atoms with E-state index in [1.807, 2.05) is 36.2 Å². The van der Waals surface area contributed by atoms with Crippen LogP contribution in [0.5, 0.6) is 0 Å². The van der Waals surface area contributed by atoms with Crippen molar-refractivity contribution in [3.05, 3.63) is 54.1 Å². The van der Waals surface area contributed by atoms with E-state index in [1.54, 1.807) is 0 Å². The van der Waals surface area contributed by atoms with E-state index in [9.17, 15) is 13.2 Å². The van der Waals surface area contributed by atoms with Gasteiger partial charge in [-0.2, -0.15) is 13.2 Å². The zero-order valence-corrected chi connectivity index (χ0v) is 12.7. The largest absolute Gasteiger partial charge is 0.416 e. The van der Waals surface area contributed by atoms with Crippen LogP contribution in [0.4, 0.5) is 30.2 Å². The second kappa shape index (κ2) is 5.77. The van der Waals surface area contributed by atoms with E-state index in [2.05, 4.69) is 4.90 Å². The van der Waals surface area contributed by atoms with E-state index < -0.39 is 11.7 Å². The average Bonchev–Trinajstić information content (AvgIpc) is 2.55. The summed E-state index contributed by atoms with van der Waals surface area (Å²) in [6.07, 6.45) is -4.32. The van der Waals surface area contributed by atoms with Crippen LogP contribution in [-0.4, -0.2) is 26.2 Å². The normalized spacial score (nSPS) is 18.0. The summed E-state index contributed by atoms with van der Waals surface area (Å²) < 4.78 is 38.2. The van der Waals surface area contributed by atoms with Gasteiger partial charge in [0.15, 0.2) is 0 Å². The Hall–Kier alpha value is -2.21. The van der Waals surface area contributed by atoms with Crippen LogP contribution in [0.15, 0.2) is 48.5 Å². The van der Waals surface area contributed by atoms with E-state index in [-0.39, 0.29) is 6.04 Å². The fraction of sp³-hybridized carbons (Fsp3) is 0.294. The van der Waals surface area contributed by atoms with Crippen LogP contribution in [0.3, 0.4) is 0 Å². The smallest absolute Gasteiger partial charge is 0.367 e. The molecule has 3 nitrogen and oxygen atoms in total. The van der Waals surface area contributed by atoms with Gasteiger partial charge in [-0.3, -0.25) is 0 Å². The fourth-order valence-corrected chi connectivity index (χ4v) is 2.93. The number of para-hydroxylation sites is 2. The molecule has 0 amide bonds. The molecule has 122 valence electrons. The van der Waals surface area contributed by atoms with Gasteiger partial charge in [0, 0.05) is 25.8 Å². The Kier molecular flexibility index (Phi) is 3.93. The van der Waals surface area contributed by atoms with E-state index in [1.165, 1.54) is 12.1 Å². The van der Waals surface area contributed by atoms with Crippen LogP contribution < -0.4 is 15.5 Å². The van der Waals surface area contributed by atoms with Gasteiger partial charge in [-0.15, -0.1) is 0 Å². The first-order valence-corrected chi connectivity index (χ1v) is 7.38. The number of alkyl halides is 3. The molecule has 1 aliphatic heterocycles. The number of hydrogen-bond acceptors (Lipinski definition) is 3. The Morgan fingerprint density at radius 2 is 1.65 bits per heavy atom. The molecule has 6 heteroatoms. The number of anilines is 3. The second-order valence-corrected chi connectivity index (χ2v) is 5.64. The first kappa shape index (κ1) is 15.7. The maximum Gasteiger partial charge on any atom is 0.416 e. The molecular weight excluding hydrogens is 303 g/mol. The van der Waals surface area contributed by atoms with Crippen LogP contribution >= 0.6 is 0 Å². The molecular formula is C17H18F3N3. The SMILES string of the molecule is CN1c2ccccc2N(c2ccc(C(F)(F)F)cc2)CC1CN. The summed E-state index contributed by atoms with van der Waals surface area (Å²) in [5.74, 6) is 0. The Bertz CT molecular complexity index is 682. The summed E-state index contributed by atoms with van der Waals surface area (Å²) in [7, 11) is 1.99. The minimum Gasteiger partial charge on any atom is -0.367 e. The van der Waals surface area contributed by atoms with Gasteiger partial charge >= 0.3 is 6.18 Å². The number of rotatable bonds is 2. The predicted molar refractivity (Wildman–Crippen MR) is 86.1 cm³/mol. The summed E-state index contributed by atoms with van der Waals surface area (Å²) >= 11 is 0.